The average Bonchev–Trinajstić information content (AvgIpc) is 3.45. The van der Waals surface area contributed by atoms with Gasteiger partial charge in [0.15, 0.2) is 11.5 Å². The molecule has 0 unspecified atom stereocenters. The van der Waals surface area contributed by atoms with Crippen molar-refractivity contribution in [2.24, 2.45) is 0 Å². The highest BCUT2D eigenvalue weighted by Gasteiger charge is 2.33. The van der Waals surface area contributed by atoms with Gasteiger partial charge >= 0.3 is 6.18 Å². The monoisotopic (exact) mass is 489 g/mol. The Morgan fingerprint density at radius 3 is 2.52 bits per heavy atom. The minimum atomic E-state index is -4.52. The minimum absolute atomic E-state index is 0.0819. The van der Waals surface area contributed by atoms with Gasteiger partial charge in [0, 0.05) is 22.3 Å². The van der Waals surface area contributed by atoms with Crippen LogP contribution in [0.4, 0.5) is 18.9 Å². The molecular weight excluding hydrogens is 475 g/mol. The van der Waals surface area contributed by atoms with Gasteiger partial charge in [-0.2, -0.15) is 18.3 Å². The standard InChI is InChI=1S/C23H15ClF3N3O2S/c24-16-6-7-18(17(11-16)21(31)15-4-2-1-3-5-15)28-22(32)19-10-14(13-33-19)12-30-9-8-20(29-30)23(25,26)27/h1-11,13H,12H2,(H,28,32). The van der Waals surface area contributed by atoms with E-state index in [4.69, 9.17) is 11.6 Å². The Labute approximate surface area is 195 Å². The lowest BCUT2D eigenvalue weighted by atomic mass is 10.0. The van der Waals surface area contributed by atoms with Gasteiger partial charge in [-0.3, -0.25) is 14.3 Å². The summed E-state index contributed by atoms with van der Waals surface area (Å²) in [6, 6.07) is 15.7. The van der Waals surface area contributed by atoms with Crippen LogP contribution < -0.4 is 5.32 Å². The second-order valence-electron chi connectivity index (χ2n) is 7.05. The molecule has 0 spiro atoms. The molecule has 0 fully saturated rings. The number of aromatic nitrogens is 2. The zero-order valence-electron chi connectivity index (χ0n) is 16.8. The van der Waals surface area contributed by atoms with Gasteiger partial charge in [-0.05, 0) is 41.3 Å². The number of amides is 1. The molecule has 1 N–H and O–H groups in total. The number of carbonyl (C=O) groups is 2. The maximum atomic E-state index is 12.9. The lowest BCUT2D eigenvalue weighted by Crippen LogP contribution is -2.14. The molecule has 1 amide bonds. The number of hydrogen-bond donors (Lipinski definition) is 1. The second-order valence-corrected chi connectivity index (χ2v) is 8.40. The number of alkyl halides is 3. The van der Waals surface area contributed by atoms with Crippen molar-refractivity contribution in [3.8, 4) is 0 Å². The molecule has 4 rings (SSSR count). The van der Waals surface area contributed by atoms with Crippen molar-refractivity contribution >= 4 is 40.3 Å². The van der Waals surface area contributed by atoms with E-state index < -0.39 is 17.8 Å². The van der Waals surface area contributed by atoms with Crippen molar-refractivity contribution < 1.29 is 22.8 Å². The summed E-state index contributed by atoms with van der Waals surface area (Å²) < 4.78 is 39.3. The van der Waals surface area contributed by atoms with Crippen LogP contribution >= 0.6 is 22.9 Å². The molecule has 0 aliphatic carbocycles. The van der Waals surface area contributed by atoms with E-state index in [2.05, 4.69) is 10.4 Å². The van der Waals surface area contributed by atoms with Gasteiger partial charge in [-0.15, -0.1) is 11.3 Å². The molecule has 2 aromatic carbocycles. The zero-order chi connectivity index (χ0) is 23.6. The molecule has 168 valence electrons. The van der Waals surface area contributed by atoms with Gasteiger partial charge in [0.1, 0.15) is 0 Å². The molecule has 5 nitrogen and oxygen atoms in total. The Morgan fingerprint density at radius 1 is 1.06 bits per heavy atom. The predicted octanol–water partition coefficient (Wildman–Crippen LogP) is 6.15. The van der Waals surface area contributed by atoms with E-state index in [1.54, 1.807) is 53.9 Å². The van der Waals surface area contributed by atoms with E-state index >= 15 is 0 Å². The Hall–Kier alpha value is -3.43. The van der Waals surface area contributed by atoms with E-state index in [9.17, 15) is 22.8 Å². The number of nitrogens with zero attached hydrogens (tertiary/aromatic N) is 2. The van der Waals surface area contributed by atoms with Crippen molar-refractivity contribution in [1.82, 2.24) is 9.78 Å². The molecule has 0 radical (unpaired) electrons. The number of hydrogen-bond acceptors (Lipinski definition) is 4. The number of rotatable bonds is 6. The average molecular weight is 490 g/mol. The molecular formula is C23H15ClF3N3O2S. The molecule has 10 heteroatoms. The van der Waals surface area contributed by atoms with E-state index in [0.717, 1.165) is 22.1 Å². The Kier molecular flexibility index (Phi) is 6.35. The van der Waals surface area contributed by atoms with Crippen LogP contribution in [0.3, 0.4) is 0 Å². The molecule has 0 aliphatic rings. The summed E-state index contributed by atoms with van der Waals surface area (Å²) in [7, 11) is 0. The predicted molar refractivity (Wildman–Crippen MR) is 120 cm³/mol. The van der Waals surface area contributed by atoms with Crippen molar-refractivity contribution in [1.29, 1.82) is 0 Å². The highest BCUT2D eigenvalue weighted by atomic mass is 35.5. The topological polar surface area (TPSA) is 64.0 Å². The number of carbonyl (C=O) groups excluding carboxylic acids is 2. The van der Waals surface area contributed by atoms with Crippen molar-refractivity contribution in [2.75, 3.05) is 5.32 Å². The molecule has 2 aromatic heterocycles. The van der Waals surface area contributed by atoms with E-state index in [1.807, 2.05) is 0 Å². The lowest BCUT2D eigenvalue weighted by molar-refractivity contribution is -0.141. The Morgan fingerprint density at radius 2 is 1.82 bits per heavy atom. The summed E-state index contributed by atoms with van der Waals surface area (Å²) >= 11 is 7.21. The molecule has 2 heterocycles. The van der Waals surface area contributed by atoms with Crippen LogP contribution in [0.25, 0.3) is 0 Å². The van der Waals surface area contributed by atoms with Crippen LogP contribution in [0.2, 0.25) is 5.02 Å². The van der Waals surface area contributed by atoms with Gasteiger partial charge in [-0.1, -0.05) is 41.9 Å². The first kappa shape index (κ1) is 22.8. The molecule has 33 heavy (non-hydrogen) atoms. The SMILES string of the molecule is O=C(Nc1ccc(Cl)cc1C(=O)c1ccccc1)c1cc(Cn2ccc(C(F)(F)F)n2)cs1. The normalized spacial score (nSPS) is 11.4. The number of thiophene rings is 1. The highest BCUT2D eigenvalue weighted by molar-refractivity contribution is 7.12. The molecule has 0 atom stereocenters. The summed E-state index contributed by atoms with van der Waals surface area (Å²) in [6.45, 7) is 0.0819. The molecule has 0 saturated carbocycles. The smallest absolute Gasteiger partial charge is 0.321 e. The van der Waals surface area contributed by atoms with Crippen LogP contribution in [0, 0.1) is 0 Å². The third-order valence-electron chi connectivity index (χ3n) is 4.66. The van der Waals surface area contributed by atoms with Crippen LogP contribution in [-0.2, 0) is 12.7 Å². The van der Waals surface area contributed by atoms with Gasteiger partial charge in [0.25, 0.3) is 5.91 Å². The van der Waals surface area contributed by atoms with Crippen molar-refractivity contribution in [3.05, 3.63) is 105 Å². The first-order valence-electron chi connectivity index (χ1n) is 9.59. The third kappa shape index (κ3) is 5.32. The molecule has 4 aromatic rings. The molecule has 0 aliphatic heterocycles. The van der Waals surface area contributed by atoms with Crippen molar-refractivity contribution in [2.45, 2.75) is 12.7 Å². The van der Waals surface area contributed by atoms with Crippen LogP contribution in [0.5, 0.6) is 0 Å². The van der Waals surface area contributed by atoms with Crippen LogP contribution in [-0.4, -0.2) is 21.5 Å². The maximum absolute atomic E-state index is 12.9. The van der Waals surface area contributed by atoms with Crippen LogP contribution in [0.15, 0.2) is 72.2 Å². The largest absolute Gasteiger partial charge is 0.435 e. The second kappa shape index (κ2) is 9.21. The van der Waals surface area contributed by atoms with Gasteiger partial charge < -0.3 is 5.32 Å². The molecule has 0 saturated heterocycles. The van der Waals surface area contributed by atoms with E-state index in [1.165, 1.54) is 12.3 Å². The summed E-state index contributed by atoms with van der Waals surface area (Å²) in [6.07, 6.45) is -3.28. The summed E-state index contributed by atoms with van der Waals surface area (Å²) in [5, 5.41) is 8.26. The third-order valence-corrected chi connectivity index (χ3v) is 5.88. The highest BCUT2D eigenvalue weighted by Crippen LogP contribution is 2.28. The number of anilines is 1. The van der Waals surface area contributed by atoms with Gasteiger partial charge in [-0.25, -0.2) is 0 Å². The Bertz CT molecular complexity index is 1320. The minimum Gasteiger partial charge on any atom is -0.321 e. The lowest BCUT2D eigenvalue weighted by Gasteiger charge is -2.10. The van der Waals surface area contributed by atoms with Gasteiger partial charge in [0.2, 0.25) is 0 Å². The first-order chi connectivity index (χ1) is 15.7. The Balaban J connectivity index is 1.51. The first-order valence-corrected chi connectivity index (χ1v) is 10.8. The maximum Gasteiger partial charge on any atom is 0.435 e. The number of ketones is 1. The van der Waals surface area contributed by atoms with E-state index in [0.29, 0.717) is 26.7 Å². The zero-order valence-corrected chi connectivity index (χ0v) is 18.3. The fourth-order valence-corrected chi connectivity index (χ4v) is 4.08. The van der Waals surface area contributed by atoms with Crippen LogP contribution in [0.1, 0.15) is 36.9 Å². The quantitative estimate of drug-likeness (QED) is 0.330. The summed E-state index contributed by atoms with van der Waals surface area (Å²) in [5.41, 5.74) is 0.643. The number of halogens is 4. The fourth-order valence-electron chi connectivity index (χ4n) is 3.11. The fraction of sp³-hybridized carbons (Fsp3) is 0.0870. The summed E-state index contributed by atoms with van der Waals surface area (Å²) in [4.78, 5) is 26.1. The van der Waals surface area contributed by atoms with Gasteiger partial charge in [0.05, 0.1) is 17.1 Å². The van der Waals surface area contributed by atoms with Crippen molar-refractivity contribution in [3.63, 3.8) is 0 Å². The number of nitrogens with one attached hydrogen (secondary N) is 1. The summed E-state index contributed by atoms with van der Waals surface area (Å²) in [5.74, 6) is -0.744. The molecule has 0 bridgehead atoms. The number of benzene rings is 2. The van der Waals surface area contributed by atoms with E-state index in [-0.39, 0.29) is 17.9 Å².